The van der Waals surface area contributed by atoms with E-state index < -0.39 is 0 Å². The number of ether oxygens (including phenoxy) is 1. The van der Waals surface area contributed by atoms with Crippen molar-refractivity contribution in [1.82, 2.24) is 10.2 Å². The zero-order chi connectivity index (χ0) is 14.4. The second-order valence-electron chi connectivity index (χ2n) is 5.47. The first-order chi connectivity index (χ1) is 9.70. The first-order valence-corrected chi connectivity index (χ1v) is 7.52. The predicted octanol–water partition coefficient (Wildman–Crippen LogP) is 3.84. The van der Waals surface area contributed by atoms with E-state index in [4.69, 9.17) is 4.74 Å². The molecule has 0 saturated carbocycles. The van der Waals surface area contributed by atoms with Gasteiger partial charge in [0, 0.05) is 32.2 Å². The lowest BCUT2D eigenvalue weighted by atomic mass is 9.98. The largest absolute Gasteiger partial charge is 0.494 e. The lowest BCUT2D eigenvalue weighted by molar-refractivity contribution is 0.172. The van der Waals surface area contributed by atoms with Crippen LogP contribution in [0.3, 0.4) is 0 Å². The number of halogens is 2. The first kappa shape index (κ1) is 21.3. The molecule has 1 heterocycles. The van der Waals surface area contributed by atoms with Crippen molar-refractivity contribution in [2.45, 2.75) is 26.3 Å². The standard InChI is InChI=1S/C17H26N2O.2ClH/c1-4-20-16-7-5-15(6-8-16)17(13-14(2)3)19-11-9-18-10-12-19;;/h5-8,17-18H,2,4,9-13H2,1,3H3;2*1H/t17-;;/m1../s1. The maximum Gasteiger partial charge on any atom is 0.119 e. The molecule has 1 aliphatic rings. The van der Waals surface area contributed by atoms with Crippen LogP contribution in [0.4, 0.5) is 0 Å². The molecule has 1 aromatic carbocycles. The highest BCUT2D eigenvalue weighted by Crippen LogP contribution is 2.28. The average molecular weight is 347 g/mol. The van der Waals surface area contributed by atoms with E-state index in [2.05, 4.69) is 48.0 Å². The van der Waals surface area contributed by atoms with E-state index in [1.807, 2.05) is 6.92 Å². The Kier molecular flexibility index (Phi) is 10.5. The minimum absolute atomic E-state index is 0. The molecule has 0 spiro atoms. The van der Waals surface area contributed by atoms with Crippen molar-refractivity contribution >= 4 is 24.8 Å². The van der Waals surface area contributed by atoms with Gasteiger partial charge in [-0.2, -0.15) is 0 Å². The number of hydrogen-bond acceptors (Lipinski definition) is 3. The fourth-order valence-corrected chi connectivity index (χ4v) is 2.73. The van der Waals surface area contributed by atoms with Gasteiger partial charge in [0.05, 0.1) is 6.61 Å². The monoisotopic (exact) mass is 346 g/mol. The second kappa shape index (κ2) is 10.9. The topological polar surface area (TPSA) is 24.5 Å². The van der Waals surface area contributed by atoms with Crippen LogP contribution in [0.25, 0.3) is 0 Å². The van der Waals surface area contributed by atoms with E-state index in [0.29, 0.717) is 12.6 Å². The van der Waals surface area contributed by atoms with E-state index in [1.165, 1.54) is 11.1 Å². The summed E-state index contributed by atoms with van der Waals surface area (Å²) in [6.45, 7) is 13.3. The van der Waals surface area contributed by atoms with Crippen molar-refractivity contribution in [2.24, 2.45) is 0 Å². The van der Waals surface area contributed by atoms with Crippen LogP contribution in [0.5, 0.6) is 5.75 Å². The van der Waals surface area contributed by atoms with Gasteiger partial charge in [-0.3, -0.25) is 4.90 Å². The molecule has 1 aliphatic heterocycles. The van der Waals surface area contributed by atoms with E-state index in [9.17, 15) is 0 Å². The fraction of sp³-hybridized carbons (Fsp3) is 0.529. The summed E-state index contributed by atoms with van der Waals surface area (Å²) >= 11 is 0. The molecule has 1 fully saturated rings. The van der Waals surface area contributed by atoms with Crippen LogP contribution in [0.2, 0.25) is 0 Å². The van der Waals surface area contributed by atoms with Crippen LogP contribution in [0, 0.1) is 0 Å². The predicted molar refractivity (Wildman–Crippen MR) is 98.7 cm³/mol. The van der Waals surface area contributed by atoms with Crippen molar-refractivity contribution < 1.29 is 4.74 Å². The Bertz CT molecular complexity index is 431. The summed E-state index contributed by atoms with van der Waals surface area (Å²) < 4.78 is 5.53. The van der Waals surface area contributed by atoms with Gasteiger partial charge in [-0.15, -0.1) is 31.4 Å². The molecule has 1 saturated heterocycles. The van der Waals surface area contributed by atoms with Crippen molar-refractivity contribution in [3.05, 3.63) is 42.0 Å². The van der Waals surface area contributed by atoms with Crippen LogP contribution < -0.4 is 10.1 Å². The second-order valence-corrected chi connectivity index (χ2v) is 5.47. The average Bonchev–Trinajstić information content (AvgIpc) is 2.47. The summed E-state index contributed by atoms with van der Waals surface area (Å²) in [5.41, 5.74) is 2.60. The zero-order valence-corrected chi connectivity index (χ0v) is 15.1. The summed E-state index contributed by atoms with van der Waals surface area (Å²) in [5, 5.41) is 3.42. The van der Waals surface area contributed by atoms with Gasteiger partial charge in [0.25, 0.3) is 0 Å². The minimum Gasteiger partial charge on any atom is -0.494 e. The van der Waals surface area contributed by atoms with E-state index in [1.54, 1.807) is 0 Å². The first-order valence-electron chi connectivity index (χ1n) is 7.52. The normalized spacial score (nSPS) is 16.1. The Labute approximate surface area is 146 Å². The Morgan fingerprint density at radius 1 is 1.23 bits per heavy atom. The minimum atomic E-state index is 0. The van der Waals surface area contributed by atoms with Crippen LogP contribution in [0.1, 0.15) is 31.9 Å². The van der Waals surface area contributed by atoms with Gasteiger partial charge in [0.15, 0.2) is 0 Å². The quantitative estimate of drug-likeness (QED) is 0.792. The highest BCUT2D eigenvalue weighted by Gasteiger charge is 2.22. The molecular weight excluding hydrogens is 319 g/mol. The van der Waals surface area contributed by atoms with Crippen molar-refractivity contribution in [1.29, 1.82) is 0 Å². The molecule has 0 aromatic heterocycles. The Morgan fingerprint density at radius 3 is 2.32 bits per heavy atom. The number of nitrogens with zero attached hydrogens (tertiary/aromatic N) is 1. The third kappa shape index (κ3) is 6.17. The molecule has 5 heteroatoms. The molecule has 22 heavy (non-hydrogen) atoms. The van der Waals surface area contributed by atoms with Crippen molar-refractivity contribution in [3.8, 4) is 5.75 Å². The van der Waals surface area contributed by atoms with Gasteiger partial charge in [-0.05, 0) is 38.0 Å². The molecule has 1 aromatic rings. The molecule has 126 valence electrons. The molecule has 0 aliphatic carbocycles. The number of piperazine rings is 1. The molecule has 2 rings (SSSR count). The smallest absolute Gasteiger partial charge is 0.119 e. The lowest BCUT2D eigenvalue weighted by Gasteiger charge is -2.35. The van der Waals surface area contributed by atoms with Crippen LogP contribution in [-0.2, 0) is 0 Å². The Balaban J connectivity index is 0.00000220. The molecule has 3 nitrogen and oxygen atoms in total. The molecule has 0 unspecified atom stereocenters. The summed E-state index contributed by atoms with van der Waals surface area (Å²) in [4.78, 5) is 2.56. The number of hydrogen-bond donors (Lipinski definition) is 1. The molecule has 1 atom stereocenters. The van der Waals surface area contributed by atoms with E-state index in [-0.39, 0.29) is 24.8 Å². The maximum absolute atomic E-state index is 5.53. The van der Waals surface area contributed by atoms with Gasteiger partial charge in [0.1, 0.15) is 5.75 Å². The highest BCUT2D eigenvalue weighted by molar-refractivity contribution is 5.85. The molecule has 0 amide bonds. The van der Waals surface area contributed by atoms with E-state index >= 15 is 0 Å². The Morgan fingerprint density at radius 2 is 1.82 bits per heavy atom. The van der Waals surface area contributed by atoms with Gasteiger partial charge in [-0.1, -0.05) is 17.7 Å². The fourth-order valence-electron chi connectivity index (χ4n) is 2.73. The maximum atomic E-state index is 5.53. The summed E-state index contributed by atoms with van der Waals surface area (Å²) in [6, 6.07) is 8.98. The Hall–Kier alpha value is -0.740. The third-order valence-corrected chi connectivity index (χ3v) is 3.71. The SMILES string of the molecule is C=C(C)C[C@H](c1ccc(OCC)cc1)N1CCNCC1.Cl.Cl. The van der Waals surface area contributed by atoms with Gasteiger partial charge >= 0.3 is 0 Å². The van der Waals surface area contributed by atoms with Crippen LogP contribution in [-0.4, -0.2) is 37.7 Å². The van der Waals surface area contributed by atoms with Crippen molar-refractivity contribution in [3.63, 3.8) is 0 Å². The van der Waals surface area contributed by atoms with Crippen molar-refractivity contribution in [2.75, 3.05) is 32.8 Å². The number of rotatable bonds is 6. The van der Waals surface area contributed by atoms with Gasteiger partial charge in [0.2, 0.25) is 0 Å². The van der Waals surface area contributed by atoms with Gasteiger partial charge < -0.3 is 10.1 Å². The number of nitrogens with one attached hydrogen (secondary N) is 1. The number of benzene rings is 1. The highest BCUT2D eigenvalue weighted by atomic mass is 35.5. The van der Waals surface area contributed by atoms with Gasteiger partial charge in [-0.25, -0.2) is 0 Å². The molecule has 0 bridgehead atoms. The third-order valence-electron chi connectivity index (χ3n) is 3.71. The molecule has 0 radical (unpaired) electrons. The zero-order valence-electron chi connectivity index (χ0n) is 13.5. The van der Waals surface area contributed by atoms with Crippen LogP contribution >= 0.6 is 24.8 Å². The van der Waals surface area contributed by atoms with Crippen LogP contribution in [0.15, 0.2) is 36.4 Å². The summed E-state index contributed by atoms with van der Waals surface area (Å²) in [5.74, 6) is 0.950. The lowest BCUT2D eigenvalue weighted by Crippen LogP contribution is -2.45. The molecule has 1 N–H and O–H groups in total. The summed E-state index contributed by atoms with van der Waals surface area (Å²) in [7, 11) is 0. The summed E-state index contributed by atoms with van der Waals surface area (Å²) in [6.07, 6.45) is 1.02. The molecular formula is C17H28Cl2N2O. The van der Waals surface area contributed by atoms with E-state index in [0.717, 1.165) is 38.3 Å².